The van der Waals surface area contributed by atoms with Gasteiger partial charge in [-0.05, 0) is 31.9 Å². The van der Waals surface area contributed by atoms with Crippen LogP contribution in [-0.4, -0.2) is 98.6 Å². The maximum atomic E-state index is 14.0. The Hall–Kier alpha value is -3.38. The van der Waals surface area contributed by atoms with Crippen molar-refractivity contribution in [3.63, 3.8) is 0 Å². The summed E-state index contributed by atoms with van der Waals surface area (Å²) in [5.41, 5.74) is 0.240. The van der Waals surface area contributed by atoms with Gasteiger partial charge in [0.2, 0.25) is 11.9 Å². The molecular weight excluding hydrogens is 552 g/mol. The third-order valence-corrected chi connectivity index (χ3v) is 8.58. The van der Waals surface area contributed by atoms with Crippen molar-refractivity contribution in [2.24, 2.45) is 10.9 Å². The summed E-state index contributed by atoms with van der Waals surface area (Å²) in [5, 5.41) is 9.35. The van der Waals surface area contributed by atoms with Gasteiger partial charge < -0.3 is 29.3 Å². The van der Waals surface area contributed by atoms with Crippen LogP contribution in [0.3, 0.4) is 0 Å². The minimum atomic E-state index is -0.693. The number of alkyl carbamates (subject to hydrolysis) is 1. The van der Waals surface area contributed by atoms with Gasteiger partial charge >= 0.3 is 12.2 Å². The van der Waals surface area contributed by atoms with Crippen LogP contribution in [0.5, 0.6) is 0 Å². The highest BCUT2D eigenvalue weighted by molar-refractivity contribution is 5.96. The number of hydrogen-bond donors (Lipinski definition) is 3. The molecule has 12 nitrogen and oxygen atoms in total. The van der Waals surface area contributed by atoms with Crippen molar-refractivity contribution in [3.05, 3.63) is 35.9 Å². The van der Waals surface area contributed by atoms with Crippen molar-refractivity contribution in [1.29, 1.82) is 0 Å². The van der Waals surface area contributed by atoms with Crippen molar-refractivity contribution < 1.29 is 28.6 Å². The molecule has 2 saturated heterocycles. The molecule has 1 aromatic rings. The van der Waals surface area contributed by atoms with E-state index in [0.717, 1.165) is 31.2 Å². The average molecular weight is 601 g/mol. The van der Waals surface area contributed by atoms with E-state index < -0.39 is 17.8 Å². The Labute approximate surface area is 254 Å². The molecule has 238 valence electrons. The zero-order valence-electron chi connectivity index (χ0n) is 25.6. The highest BCUT2D eigenvalue weighted by Crippen LogP contribution is 2.29. The number of benzene rings is 1. The van der Waals surface area contributed by atoms with E-state index in [1.54, 1.807) is 11.8 Å². The number of aliphatic imine (C=N–C) groups is 1. The molecule has 3 aliphatic rings. The van der Waals surface area contributed by atoms with E-state index in [1.165, 1.54) is 6.42 Å². The molecule has 12 heteroatoms. The highest BCUT2D eigenvalue weighted by atomic mass is 16.6. The Morgan fingerprint density at radius 3 is 2.35 bits per heavy atom. The summed E-state index contributed by atoms with van der Waals surface area (Å²) in [6.45, 7) is 5.21. The molecule has 0 aromatic heterocycles. The molecule has 3 amide bonds. The lowest BCUT2D eigenvalue weighted by Crippen LogP contribution is -2.64. The Morgan fingerprint density at radius 2 is 1.70 bits per heavy atom. The zero-order valence-corrected chi connectivity index (χ0v) is 25.6. The molecular formula is C31H48N6O6. The molecule has 0 bridgehead atoms. The van der Waals surface area contributed by atoms with Crippen molar-refractivity contribution >= 4 is 24.1 Å². The van der Waals surface area contributed by atoms with E-state index in [9.17, 15) is 14.4 Å². The highest BCUT2D eigenvalue weighted by Gasteiger charge is 2.38. The third kappa shape index (κ3) is 9.82. The number of morpholine rings is 1. The van der Waals surface area contributed by atoms with Gasteiger partial charge in [0.25, 0.3) is 0 Å². The molecule has 43 heavy (non-hydrogen) atoms. The van der Waals surface area contributed by atoms with Crippen LogP contribution in [0.1, 0.15) is 63.9 Å². The molecule has 1 saturated carbocycles. The SMILES string of the molecule is CCOC(=O)NC(=N[C@@H](CC1CCCCC1)C(=O)NC1(NC)CCN(C(=O)OCc2ccccc2)CC1)N1CCOCC1. The normalized spacial score (nSPS) is 20.2. The van der Waals surface area contributed by atoms with Crippen LogP contribution in [0.2, 0.25) is 0 Å². The van der Waals surface area contributed by atoms with E-state index in [4.69, 9.17) is 19.2 Å². The van der Waals surface area contributed by atoms with Crippen molar-refractivity contribution in [1.82, 2.24) is 25.8 Å². The molecule has 0 spiro atoms. The fourth-order valence-electron chi connectivity index (χ4n) is 5.97. The van der Waals surface area contributed by atoms with Crippen LogP contribution in [0.15, 0.2) is 35.3 Å². The molecule has 2 aliphatic heterocycles. The predicted octanol–water partition coefficient (Wildman–Crippen LogP) is 3.22. The van der Waals surface area contributed by atoms with Crippen molar-refractivity contribution in [2.45, 2.75) is 76.6 Å². The van der Waals surface area contributed by atoms with E-state index in [1.807, 2.05) is 42.3 Å². The Bertz CT molecular complexity index is 1070. The number of likely N-dealkylation sites (tertiary alicyclic amines) is 1. The first-order chi connectivity index (χ1) is 20.9. The number of piperidine rings is 1. The Morgan fingerprint density at radius 1 is 1.00 bits per heavy atom. The van der Waals surface area contributed by atoms with Gasteiger partial charge in [-0.15, -0.1) is 0 Å². The molecule has 3 fully saturated rings. The van der Waals surface area contributed by atoms with Gasteiger partial charge in [-0.2, -0.15) is 0 Å². The Kier molecular flexibility index (Phi) is 12.5. The zero-order chi connectivity index (χ0) is 30.5. The standard InChI is InChI=1S/C31H48N6O6/c1-3-42-29(39)34-28(36-18-20-41-21-19-36)33-26(22-24-10-6-4-7-11-24)27(38)35-31(32-2)14-16-37(17-15-31)30(40)43-23-25-12-8-5-9-13-25/h5,8-9,12-13,24,26,32H,3-4,6-7,10-11,14-23H2,1-2H3,(H,35,38)(H,33,34,39)/t26-/m0/s1. The summed E-state index contributed by atoms with van der Waals surface area (Å²) in [6.07, 6.45) is 6.33. The molecule has 1 aromatic carbocycles. The fraction of sp³-hybridized carbons (Fsp3) is 0.677. The van der Waals surface area contributed by atoms with Crippen LogP contribution >= 0.6 is 0 Å². The number of guanidine groups is 1. The monoisotopic (exact) mass is 600 g/mol. The van der Waals surface area contributed by atoms with Crippen LogP contribution in [-0.2, 0) is 25.6 Å². The van der Waals surface area contributed by atoms with Crippen molar-refractivity contribution in [2.75, 3.05) is 53.0 Å². The second kappa shape index (κ2) is 16.5. The number of carbonyl (C=O) groups is 3. The van der Waals surface area contributed by atoms with Crippen LogP contribution in [0, 0.1) is 5.92 Å². The first kappa shape index (κ1) is 32.5. The lowest BCUT2D eigenvalue weighted by molar-refractivity contribution is -0.125. The van der Waals surface area contributed by atoms with E-state index >= 15 is 0 Å². The van der Waals surface area contributed by atoms with Gasteiger partial charge in [0, 0.05) is 39.0 Å². The number of ether oxygens (including phenoxy) is 3. The molecule has 3 N–H and O–H groups in total. The lowest BCUT2D eigenvalue weighted by Gasteiger charge is -2.42. The van der Waals surface area contributed by atoms with E-state index in [0.29, 0.717) is 70.5 Å². The molecule has 4 rings (SSSR count). The number of nitrogens with zero attached hydrogens (tertiary/aromatic N) is 3. The first-order valence-corrected chi connectivity index (χ1v) is 15.7. The molecule has 1 aliphatic carbocycles. The third-order valence-electron chi connectivity index (χ3n) is 8.58. The van der Waals surface area contributed by atoms with Gasteiger partial charge in [-0.25, -0.2) is 14.6 Å². The molecule has 1 atom stereocenters. The minimum Gasteiger partial charge on any atom is -0.450 e. The smallest absolute Gasteiger partial charge is 0.413 e. The quantitative estimate of drug-likeness (QED) is 0.224. The molecule has 0 radical (unpaired) electrons. The molecule has 2 heterocycles. The number of nitrogens with one attached hydrogen (secondary N) is 3. The fourth-order valence-corrected chi connectivity index (χ4v) is 5.97. The van der Waals surface area contributed by atoms with Gasteiger partial charge in [0.1, 0.15) is 12.6 Å². The van der Waals surface area contributed by atoms with E-state index in [-0.39, 0.29) is 25.2 Å². The Balaban J connectivity index is 1.44. The summed E-state index contributed by atoms with van der Waals surface area (Å²) >= 11 is 0. The topological polar surface area (TPSA) is 134 Å². The second-order valence-corrected chi connectivity index (χ2v) is 11.5. The largest absolute Gasteiger partial charge is 0.450 e. The summed E-state index contributed by atoms with van der Waals surface area (Å²) in [5.74, 6) is 0.525. The summed E-state index contributed by atoms with van der Waals surface area (Å²) in [4.78, 5) is 47.7. The van der Waals surface area contributed by atoms with Crippen molar-refractivity contribution in [3.8, 4) is 0 Å². The summed E-state index contributed by atoms with van der Waals surface area (Å²) < 4.78 is 16.2. The number of rotatable bonds is 9. The van der Waals surface area contributed by atoms with Gasteiger partial charge in [0.05, 0.1) is 25.5 Å². The minimum absolute atomic E-state index is 0.198. The lowest BCUT2D eigenvalue weighted by atomic mass is 9.84. The van der Waals surface area contributed by atoms with Crippen LogP contribution in [0.4, 0.5) is 9.59 Å². The number of amides is 3. The number of hydrogen-bond acceptors (Lipinski definition) is 8. The molecule has 0 unspecified atom stereocenters. The summed E-state index contributed by atoms with van der Waals surface area (Å²) in [6, 6.07) is 8.90. The maximum Gasteiger partial charge on any atom is 0.413 e. The maximum absolute atomic E-state index is 14.0. The number of carbonyl (C=O) groups excluding carboxylic acids is 3. The predicted molar refractivity (Wildman–Crippen MR) is 162 cm³/mol. The summed E-state index contributed by atoms with van der Waals surface area (Å²) in [7, 11) is 1.82. The average Bonchev–Trinajstić information content (AvgIpc) is 3.04. The van der Waals surface area contributed by atoms with E-state index in [2.05, 4.69) is 16.0 Å². The second-order valence-electron chi connectivity index (χ2n) is 11.5. The van der Waals surface area contributed by atoms with Gasteiger partial charge in [-0.1, -0.05) is 62.4 Å². The van der Waals surface area contributed by atoms with Gasteiger partial charge in [-0.3, -0.25) is 15.4 Å². The first-order valence-electron chi connectivity index (χ1n) is 15.7. The van der Waals surface area contributed by atoms with Crippen LogP contribution < -0.4 is 16.0 Å². The van der Waals surface area contributed by atoms with Crippen LogP contribution in [0.25, 0.3) is 0 Å². The van der Waals surface area contributed by atoms with Gasteiger partial charge in [0.15, 0.2) is 0 Å².